The van der Waals surface area contributed by atoms with E-state index in [1.807, 2.05) is 24.3 Å². The first-order valence-corrected chi connectivity index (χ1v) is 9.71. The molecule has 0 aromatic heterocycles. The van der Waals surface area contributed by atoms with Crippen molar-refractivity contribution >= 4 is 29.7 Å². The van der Waals surface area contributed by atoms with Crippen molar-refractivity contribution in [3.8, 4) is 5.75 Å². The Labute approximate surface area is 172 Å². The fourth-order valence-electron chi connectivity index (χ4n) is 4.00. The first kappa shape index (κ1) is 20.3. The maximum Gasteiger partial charge on any atom is 0.240 e. The minimum Gasteiger partial charge on any atom is -0.497 e. The minimum absolute atomic E-state index is 0. The monoisotopic (exact) mass is 401 g/mol. The Kier molecular flexibility index (Phi) is 6.35. The number of hydrogen-bond donors (Lipinski definition) is 2. The van der Waals surface area contributed by atoms with Crippen molar-refractivity contribution in [3.63, 3.8) is 0 Å². The lowest BCUT2D eigenvalue weighted by atomic mass is 9.99. The highest BCUT2D eigenvalue weighted by atomic mass is 35.5. The second kappa shape index (κ2) is 8.74. The Balaban J connectivity index is 0.00000225. The van der Waals surface area contributed by atoms with E-state index in [0.29, 0.717) is 12.5 Å². The molecule has 2 aromatic carbocycles. The lowest BCUT2D eigenvalue weighted by molar-refractivity contribution is -0.120. The van der Waals surface area contributed by atoms with Gasteiger partial charge in [0.1, 0.15) is 5.75 Å². The van der Waals surface area contributed by atoms with Crippen molar-refractivity contribution < 1.29 is 9.53 Å². The van der Waals surface area contributed by atoms with Crippen molar-refractivity contribution in [2.45, 2.75) is 31.7 Å². The van der Waals surface area contributed by atoms with E-state index >= 15 is 0 Å². The molecule has 1 unspecified atom stereocenters. The van der Waals surface area contributed by atoms with E-state index in [0.717, 1.165) is 42.1 Å². The molecule has 1 aliphatic carbocycles. The van der Waals surface area contributed by atoms with Crippen LogP contribution in [0.5, 0.6) is 5.75 Å². The topological polar surface area (TPSA) is 67.6 Å². The number of amides is 1. The zero-order valence-corrected chi connectivity index (χ0v) is 17.0. The molecule has 4 rings (SSSR count). The number of hydrogen-bond acceptors (Lipinski definition) is 4. The van der Waals surface area contributed by atoms with E-state index in [1.165, 1.54) is 18.4 Å². The van der Waals surface area contributed by atoms with Crippen molar-refractivity contribution in [2.24, 2.45) is 5.92 Å². The number of rotatable bonds is 6. The van der Waals surface area contributed by atoms with Crippen molar-refractivity contribution in [3.05, 3.63) is 53.6 Å². The third kappa shape index (κ3) is 4.36. The SMILES string of the molecule is COc1ccc(C(NC(=O)CN2CCCc3c(N)cccc32)C2CC2)cc1.Cl. The van der Waals surface area contributed by atoms with Gasteiger partial charge in [-0.05, 0) is 67.0 Å². The van der Waals surface area contributed by atoms with Crippen LogP contribution in [-0.2, 0) is 11.2 Å². The fourth-order valence-corrected chi connectivity index (χ4v) is 4.00. The summed E-state index contributed by atoms with van der Waals surface area (Å²) < 4.78 is 5.25. The van der Waals surface area contributed by atoms with Crippen LogP contribution in [0.1, 0.15) is 36.4 Å². The van der Waals surface area contributed by atoms with E-state index in [1.54, 1.807) is 7.11 Å². The number of methoxy groups -OCH3 is 1. The first-order chi connectivity index (χ1) is 13.2. The number of nitrogens with two attached hydrogens (primary N) is 1. The van der Waals surface area contributed by atoms with Gasteiger partial charge in [0.2, 0.25) is 5.91 Å². The average molecular weight is 402 g/mol. The molecular weight excluding hydrogens is 374 g/mol. The summed E-state index contributed by atoms with van der Waals surface area (Å²) in [6.07, 6.45) is 4.34. The quantitative estimate of drug-likeness (QED) is 0.724. The maximum atomic E-state index is 12.8. The van der Waals surface area contributed by atoms with Crippen molar-refractivity contribution in [1.29, 1.82) is 0 Å². The van der Waals surface area contributed by atoms with Crippen LogP contribution in [0.2, 0.25) is 0 Å². The van der Waals surface area contributed by atoms with Gasteiger partial charge < -0.3 is 20.7 Å². The lowest BCUT2D eigenvalue weighted by Crippen LogP contribution is -2.41. The molecule has 150 valence electrons. The fraction of sp³-hybridized carbons (Fsp3) is 0.409. The zero-order chi connectivity index (χ0) is 18.8. The van der Waals surface area contributed by atoms with Crippen LogP contribution in [0, 0.1) is 5.92 Å². The molecule has 1 saturated carbocycles. The molecule has 6 heteroatoms. The van der Waals surface area contributed by atoms with Gasteiger partial charge in [-0.2, -0.15) is 0 Å². The summed E-state index contributed by atoms with van der Waals surface area (Å²) in [5.74, 6) is 1.44. The van der Waals surface area contributed by atoms with Crippen LogP contribution in [0.15, 0.2) is 42.5 Å². The van der Waals surface area contributed by atoms with Crippen LogP contribution in [0.4, 0.5) is 11.4 Å². The summed E-state index contributed by atoms with van der Waals surface area (Å²) in [4.78, 5) is 15.0. The molecular formula is C22H28ClN3O2. The summed E-state index contributed by atoms with van der Waals surface area (Å²) in [7, 11) is 1.67. The number of carbonyl (C=O) groups excluding carboxylic acids is 1. The Bertz CT molecular complexity index is 821. The predicted molar refractivity (Wildman–Crippen MR) is 115 cm³/mol. The summed E-state index contributed by atoms with van der Waals surface area (Å²) in [6, 6.07) is 14.1. The molecule has 3 N–H and O–H groups in total. The highest BCUT2D eigenvalue weighted by Crippen LogP contribution is 2.41. The second-order valence-corrected chi connectivity index (χ2v) is 7.53. The highest BCUT2D eigenvalue weighted by Gasteiger charge is 2.34. The normalized spacial score (nSPS) is 16.5. The number of ether oxygens (including phenoxy) is 1. The summed E-state index contributed by atoms with van der Waals surface area (Å²) in [5.41, 5.74) is 10.4. The van der Waals surface area contributed by atoms with Crippen molar-refractivity contribution in [2.75, 3.05) is 30.8 Å². The number of nitrogens with one attached hydrogen (secondary N) is 1. The van der Waals surface area contributed by atoms with Gasteiger partial charge in [0.25, 0.3) is 0 Å². The Morgan fingerprint density at radius 3 is 2.68 bits per heavy atom. The summed E-state index contributed by atoms with van der Waals surface area (Å²) in [6.45, 7) is 1.26. The average Bonchev–Trinajstić information content (AvgIpc) is 3.52. The largest absolute Gasteiger partial charge is 0.497 e. The van der Waals surface area contributed by atoms with Gasteiger partial charge in [-0.25, -0.2) is 0 Å². The molecule has 1 aliphatic heterocycles. The molecule has 1 atom stereocenters. The predicted octanol–water partition coefficient (Wildman–Crippen LogP) is 3.72. The van der Waals surface area contributed by atoms with Gasteiger partial charge in [-0.3, -0.25) is 4.79 Å². The van der Waals surface area contributed by atoms with Gasteiger partial charge in [0, 0.05) is 17.9 Å². The number of anilines is 2. The van der Waals surface area contributed by atoms with Gasteiger partial charge in [0.05, 0.1) is 19.7 Å². The number of halogens is 1. The van der Waals surface area contributed by atoms with Crippen LogP contribution < -0.4 is 20.7 Å². The maximum absolute atomic E-state index is 12.8. The van der Waals surface area contributed by atoms with E-state index < -0.39 is 0 Å². The molecule has 1 amide bonds. The van der Waals surface area contributed by atoms with Gasteiger partial charge in [0.15, 0.2) is 0 Å². The summed E-state index contributed by atoms with van der Waals surface area (Å²) in [5, 5.41) is 3.27. The van der Waals surface area contributed by atoms with Gasteiger partial charge >= 0.3 is 0 Å². The molecule has 0 spiro atoms. The van der Waals surface area contributed by atoms with E-state index in [9.17, 15) is 4.79 Å². The Hall–Kier alpha value is -2.40. The van der Waals surface area contributed by atoms with Gasteiger partial charge in [-0.1, -0.05) is 18.2 Å². The molecule has 5 nitrogen and oxygen atoms in total. The van der Waals surface area contributed by atoms with E-state index in [2.05, 4.69) is 28.4 Å². The number of fused-ring (bicyclic) bond motifs is 1. The first-order valence-electron chi connectivity index (χ1n) is 9.71. The number of nitrogen functional groups attached to an aromatic ring is 1. The smallest absolute Gasteiger partial charge is 0.240 e. The molecule has 0 radical (unpaired) electrons. The molecule has 2 aromatic rings. The molecule has 2 aliphatic rings. The minimum atomic E-state index is 0. The summed E-state index contributed by atoms with van der Waals surface area (Å²) >= 11 is 0. The van der Waals surface area contributed by atoms with Crippen molar-refractivity contribution in [1.82, 2.24) is 5.32 Å². The van der Waals surface area contributed by atoms with E-state index in [-0.39, 0.29) is 24.4 Å². The number of nitrogens with zero attached hydrogens (tertiary/aromatic N) is 1. The molecule has 1 fully saturated rings. The second-order valence-electron chi connectivity index (χ2n) is 7.53. The van der Waals surface area contributed by atoms with Crippen LogP contribution in [-0.4, -0.2) is 26.1 Å². The third-order valence-corrected chi connectivity index (χ3v) is 5.60. The lowest BCUT2D eigenvalue weighted by Gasteiger charge is -2.32. The highest BCUT2D eigenvalue weighted by molar-refractivity contribution is 5.85. The Morgan fingerprint density at radius 1 is 1.25 bits per heavy atom. The number of benzene rings is 2. The van der Waals surface area contributed by atoms with Crippen LogP contribution >= 0.6 is 12.4 Å². The molecule has 0 saturated heterocycles. The standard InChI is InChI=1S/C22H27N3O2.ClH/c1-27-17-11-9-16(10-12-17)22(15-7-8-15)24-21(26)14-25-13-3-4-18-19(23)5-2-6-20(18)25;/h2,5-6,9-12,15,22H,3-4,7-8,13-14,23H2,1H3,(H,24,26);1H. The third-order valence-electron chi connectivity index (χ3n) is 5.60. The zero-order valence-electron chi connectivity index (χ0n) is 16.2. The van der Waals surface area contributed by atoms with E-state index in [4.69, 9.17) is 10.5 Å². The molecule has 28 heavy (non-hydrogen) atoms. The van der Waals surface area contributed by atoms with Crippen LogP contribution in [0.25, 0.3) is 0 Å². The molecule has 0 bridgehead atoms. The number of carbonyl (C=O) groups is 1. The van der Waals surface area contributed by atoms with Crippen LogP contribution in [0.3, 0.4) is 0 Å². The Morgan fingerprint density at radius 2 is 2.00 bits per heavy atom. The van der Waals surface area contributed by atoms with Gasteiger partial charge in [-0.15, -0.1) is 12.4 Å². The molecule has 1 heterocycles.